The molecule has 0 spiro atoms. The summed E-state index contributed by atoms with van der Waals surface area (Å²) in [5.41, 5.74) is 0.833. The van der Waals surface area contributed by atoms with Gasteiger partial charge in [-0.1, -0.05) is 0 Å². The maximum Gasteiger partial charge on any atom is 0.358 e. The number of nitrogens with one attached hydrogen (secondary N) is 1. The summed E-state index contributed by atoms with van der Waals surface area (Å²) in [4.78, 5) is 26.7. The monoisotopic (exact) mass is 294 g/mol. The van der Waals surface area contributed by atoms with Crippen molar-refractivity contribution >= 4 is 23.2 Å². The Morgan fingerprint density at radius 2 is 2.05 bits per heavy atom. The molecule has 0 aliphatic carbocycles. The molecule has 0 radical (unpaired) electrons. The number of hydrogen-bond acceptors (Lipinski definition) is 5. The van der Waals surface area contributed by atoms with E-state index in [0.717, 1.165) is 0 Å². The molecular weight excluding hydrogens is 283 g/mol. The fourth-order valence-electron chi connectivity index (χ4n) is 1.37. The van der Waals surface area contributed by atoms with Crippen molar-refractivity contribution in [3.8, 4) is 10.6 Å². The summed E-state index contributed by atoms with van der Waals surface area (Å²) in [6.07, 6.45) is 0. The molecule has 0 saturated carbocycles. The number of esters is 1. The number of halogens is 1. The van der Waals surface area contributed by atoms with Crippen LogP contribution in [0.2, 0.25) is 0 Å². The zero-order chi connectivity index (χ0) is 14.5. The van der Waals surface area contributed by atoms with E-state index in [1.165, 1.54) is 35.9 Å². The lowest BCUT2D eigenvalue weighted by Gasteiger charge is -2.00. The number of aromatic nitrogens is 1. The third-order valence-corrected chi connectivity index (χ3v) is 3.31. The van der Waals surface area contributed by atoms with E-state index in [1.807, 2.05) is 0 Å². The number of rotatable bonds is 4. The highest BCUT2D eigenvalue weighted by Gasteiger charge is 2.14. The molecule has 0 fully saturated rings. The summed E-state index contributed by atoms with van der Waals surface area (Å²) < 4.78 is 17.6. The van der Waals surface area contributed by atoms with E-state index in [2.05, 4.69) is 10.3 Å². The van der Waals surface area contributed by atoms with Gasteiger partial charge in [-0.05, 0) is 24.3 Å². The number of ether oxygens (including phenoxy) is 1. The second-order valence-electron chi connectivity index (χ2n) is 3.79. The Morgan fingerprint density at radius 1 is 1.35 bits per heavy atom. The zero-order valence-electron chi connectivity index (χ0n) is 10.6. The fraction of sp³-hybridized carbons (Fsp3) is 0.154. The molecule has 2 aromatic rings. The predicted octanol–water partition coefficient (Wildman–Crippen LogP) is 1.85. The number of hydrogen-bond donors (Lipinski definition) is 1. The molecule has 1 aromatic heterocycles. The normalized spacial score (nSPS) is 10.1. The number of carbonyl (C=O) groups excluding carboxylic acids is 2. The summed E-state index contributed by atoms with van der Waals surface area (Å²) in [7, 11) is 1.45. The number of carbonyl (C=O) groups is 2. The molecule has 0 aliphatic rings. The quantitative estimate of drug-likeness (QED) is 0.874. The summed E-state index contributed by atoms with van der Waals surface area (Å²) >= 11 is 1.24. The van der Waals surface area contributed by atoms with Gasteiger partial charge < -0.3 is 10.1 Å². The van der Waals surface area contributed by atoms with Crippen LogP contribution in [-0.2, 0) is 9.53 Å². The Bertz CT molecular complexity index is 625. The van der Waals surface area contributed by atoms with Crippen LogP contribution in [0.1, 0.15) is 10.5 Å². The maximum atomic E-state index is 12.8. The van der Waals surface area contributed by atoms with Gasteiger partial charge in [0, 0.05) is 18.0 Å². The first-order chi connectivity index (χ1) is 9.60. The second kappa shape index (κ2) is 6.25. The third-order valence-electron chi connectivity index (χ3n) is 2.42. The predicted molar refractivity (Wildman–Crippen MR) is 71.9 cm³/mol. The molecule has 1 N–H and O–H groups in total. The lowest BCUT2D eigenvalue weighted by atomic mass is 10.2. The van der Waals surface area contributed by atoms with Crippen molar-refractivity contribution in [3.63, 3.8) is 0 Å². The molecule has 104 valence electrons. The van der Waals surface area contributed by atoms with Crippen LogP contribution in [0.4, 0.5) is 4.39 Å². The Labute approximate surface area is 118 Å². The van der Waals surface area contributed by atoms with Crippen LogP contribution in [0.5, 0.6) is 0 Å². The largest absolute Gasteiger partial charge is 0.451 e. The molecular formula is C13H11FN2O3S. The lowest BCUT2D eigenvalue weighted by Crippen LogP contribution is -2.25. The minimum Gasteiger partial charge on any atom is -0.451 e. The fourth-order valence-corrected chi connectivity index (χ4v) is 2.17. The van der Waals surface area contributed by atoms with Gasteiger partial charge in [0.05, 0.1) is 0 Å². The first-order valence-electron chi connectivity index (χ1n) is 5.69. The maximum absolute atomic E-state index is 12.8. The highest BCUT2D eigenvalue weighted by atomic mass is 32.1. The smallest absolute Gasteiger partial charge is 0.358 e. The average Bonchev–Trinajstić information content (AvgIpc) is 2.95. The highest BCUT2D eigenvalue weighted by Crippen LogP contribution is 2.24. The highest BCUT2D eigenvalue weighted by molar-refractivity contribution is 7.13. The minimum absolute atomic E-state index is 0.123. The number of amides is 1. The Kier molecular flexibility index (Phi) is 4.41. The van der Waals surface area contributed by atoms with E-state index in [1.54, 1.807) is 12.1 Å². The van der Waals surface area contributed by atoms with Gasteiger partial charge in [-0.2, -0.15) is 0 Å². The Balaban J connectivity index is 2.06. The zero-order valence-corrected chi connectivity index (χ0v) is 11.4. The van der Waals surface area contributed by atoms with Crippen molar-refractivity contribution in [1.29, 1.82) is 0 Å². The van der Waals surface area contributed by atoms with Gasteiger partial charge in [0.15, 0.2) is 12.3 Å². The summed E-state index contributed by atoms with van der Waals surface area (Å²) in [6, 6.07) is 5.79. The van der Waals surface area contributed by atoms with Crippen LogP contribution in [0, 0.1) is 5.82 Å². The molecule has 2 rings (SSSR count). The topological polar surface area (TPSA) is 68.3 Å². The summed E-state index contributed by atoms with van der Waals surface area (Å²) in [5.74, 6) is -1.40. The van der Waals surface area contributed by atoms with Crippen LogP contribution >= 0.6 is 11.3 Å². The van der Waals surface area contributed by atoms with Crippen molar-refractivity contribution in [2.24, 2.45) is 0 Å². The molecule has 1 amide bonds. The SMILES string of the molecule is CNC(=O)COC(=O)c1csc(-c2ccc(F)cc2)n1. The van der Waals surface area contributed by atoms with E-state index in [0.29, 0.717) is 10.6 Å². The molecule has 0 unspecified atom stereocenters. The van der Waals surface area contributed by atoms with Crippen LogP contribution in [0.25, 0.3) is 10.6 Å². The molecule has 7 heteroatoms. The van der Waals surface area contributed by atoms with Crippen molar-refractivity contribution in [1.82, 2.24) is 10.3 Å². The first kappa shape index (κ1) is 14.1. The molecule has 1 heterocycles. The number of nitrogens with zero attached hydrogens (tertiary/aromatic N) is 1. The molecule has 5 nitrogen and oxygen atoms in total. The van der Waals surface area contributed by atoms with E-state index in [9.17, 15) is 14.0 Å². The van der Waals surface area contributed by atoms with E-state index in [4.69, 9.17) is 4.74 Å². The summed E-state index contributed by atoms with van der Waals surface area (Å²) in [6.45, 7) is -0.348. The molecule has 20 heavy (non-hydrogen) atoms. The molecule has 0 aliphatic heterocycles. The number of thiazole rings is 1. The summed E-state index contributed by atoms with van der Waals surface area (Å²) in [5, 5.41) is 4.45. The standard InChI is InChI=1S/C13H11FN2O3S/c1-15-11(17)6-19-13(18)10-7-20-12(16-10)8-2-4-9(14)5-3-8/h2-5,7H,6H2,1H3,(H,15,17). The van der Waals surface area contributed by atoms with Crippen molar-refractivity contribution in [2.45, 2.75) is 0 Å². The van der Waals surface area contributed by atoms with Crippen molar-refractivity contribution < 1.29 is 18.7 Å². The van der Waals surface area contributed by atoms with E-state index >= 15 is 0 Å². The van der Waals surface area contributed by atoms with Gasteiger partial charge in [-0.3, -0.25) is 4.79 Å². The van der Waals surface area contributed by atoms with Crippen LogP contribution in [0.15, 0.2) is 29.6 Å². The van der Waals surface area contributed by atoms with Crippen molar-refractivity contribution in [2.75, 3.05) is 13.7 Å². The first-order valence-corrected chi connectivity index (χ1v) is 6.57. The van der Waals surface area contributed by atoms with Gasteiger partial charge in [0.2, 0.25) is 0 Å². The van der Waals surface area contributed by atoms with Crippen LogP contribution in [-0.4, -0.2) is 30.5 Å². The number of likely N-dealkylation sites (N-methyl/N-ethyl adjacent to an activating group) is 1. The van der Waals surface area contributed by atoms with Gasteiger partial charge >= 0.3 is 5.97 Å². The van der Waals surface area contributed by atoms with Gasteiger partial charge in [-0.25, -0.2) is 14.2 Å². The Morgan fingerprint density at radius 3 is 2.70 bits per heavy atom. The number of benzene rings is 1. The molecule has 1 aromatic carbocycles. The van der Waals surface area contributed by atoms with Crippen molar-refractivity contribution in [3.05, 3.63) is 41.2 Å². The minimum atomic E-state index is -0.668. The molecule has 0 bridgehead atoms. The third kappa shape index (κ3) is 3.39. The van der Waals surface area contributed by atoms with Gasteiger partial charge in [-0.15, -0.1) is 11.3 Å². The van der Waals surface area contributed by atoms with E-state index in [-0.39, 0.29) is 18.1 Å². The second-order valence-corrected chi connectivity index (χ2v) is 4.65. The van der Waals surface area contributed by atoms with Gasteiger partial charge in [0.25, 0.3) is 5.91 Å². The van der Waals surface area contributed by atoms with Crippen LogP contribution < -0.4 is 5.32 Å². The Hall–Kier alpha value is -2.28. The van der Waals surface area contributed by atoms with Gasteiger partial charge in [0.1, 0.15) is 10.8 Å². The van der Waals surface area contributed by atoms with Crippen LogP contribution in [0.3, 0.4) is 0 Å². The average molecular weight is 294 g/mol. The van der Waals surface area contributed by atoms with E-state index < -0.39 is 11.9 Å². The molecule has 0 saturated heterocycles. The lowest BCUT2D eigenvalue weighted by molar-refractivity contribution is -0.123. The molecule has 0 atom stereocenters.